The SMILES string of the molecule is CN(C)C1C(=O)C(C(N)=O)C(=N)C2(O)C(=O)C3C(=O)c4c(O)cc(C5CCCCCN5C)c(Cl)c4CC3CC12. The Balaban J connectivity index is 1.61. The van der Waals surface area contributed by atoms with Crippen LogP contribution in [0.15, 0.2) is 6.07 Å². The second kappa shape index (κ2) is 9.76. The van der Waals surface area contributed by atoms with Gasteiger partial charge in [-0.15, -0.1) is 0 Å². The van der Waals surface area contributed by atoms with E-state index in [-0.39, 0.29) is 30.2 Å². The summed E-state index contributed by atoms with van der Waals surface area (Å²) >= 11 is 6.96. The quantitative estimate of drug-likeness (QED) is 0.405. The molecule has 1 aliphatic heterocycles. The summed E-state index contributed by atoms with van der Waals surface area (Å²) in [5, 5.41) is 31.8. The largest absolute Gasteiger partial charge is 0.507 e. The number of hydrogen-bond donors (Lipinski definition) is 4. The van der Waals surface area contributed by atoms with Crippen LogP contribution in [0.1, 0.15) is 59.6 Å². The van der Waals surface area contributed by atoms with E-state index in [1.165, 1.54) is 11.0 Å². The number of halogens is 1. The van der Waals surface area contributed by atoms with Crippen LogP contribution in [-0.4, -0.2) is 88.3 Å². The summed E-state index contributed by atoms with van der Waals surface area (Å²) in [5.41, 5.74) is 3.32. The number of Topliss-reactive ketones (excluding diaryl/α,β-unsaturated/α-hetero) is 3. The number of nitrogens with two attached hydrogens (primary N) is 1. The maximum absolute atomic E-state index is 14.0. The second-order valence-corrected chi connectivity index (χ2v) is 12.2. The van der Waals surface area contributed by atoms with Gasteiger partial charge in [0.05, 0.1) is 23.2 Å². The summed E-state index contributed by atoms with van der Waals surface area (Å²) in [7, 11) is 5.21. The number of likely N-dealkylation sites (N-methyl/N-ethyl adjacent to an activating group) is 1. The Morgan fingerprint density at radius 3 is 2.56 bits per heavy atom. The van der Waals surface area contributed by atoms with Crippen molar-refractivity contribution in [2.75, 3.05) is 27.7 Å². The van der Waals surface area contributed by atoms with E-state index in [0.717, 1.165) is 37.8 Å². The van der Waals surface area contributed by atoms with Crippen molar-refractivity contribution in [1.82, 2.24) is 9.80 Å². The van der Waals surface area contributed by atoms with E-state index in [1.807, 2.05) is 7.05 Å². The molecule has 1 aromatic rings. The number of amides is 1. The number of benzene rings is 1. The number of carbonyl (C=O) groups is 4. The molecule has 210 valence electrons. The fourth-order valence-electron chi connectivity index (χ4n) is 7.61. The van der Waals surface area contributed by atoms with Crippen LogP contribution in [0.2, 0.25) is 5.02 Å². The summed E-state index contributed by atoms with van der Waals surface area (Å²) in [4.78, 5) is 57.0. The highest BCUT2D eigenvalue weighted by atomic mass is 35.5. The van der Waals surface area contributed by atoms with Gasteiger partial charge in [0, 0.05) is 17.0 Å². The molecule has 3 aliphatic carbocycles. The number of rotatable bonds is 3. The highest BCUT2D eigenvalue weighted by Gasteiger charge is 2.67. The molecule has 0 bridgehead atoms. The lowest BCUT2D eigenvalue weighted by atomic mass is 9.52. The van der Waals surface area contributed by atoms with Gasteiger partial charge in [-0.2, -0.15) is 0 Å². The van der Waals surface area contributed by atoms with Gasteiger partial charge in [-0.25, -0.2) is 0 Å². The van der Waals surface area contributed by atoms with Gasteiger partial charge < -0.3 is 21.4 Å². The Hall–Kier alpha value is -2.66. The van der Waals surface area contributed by atoms with Crippen molar-refractivity contribution in [2.45, 2.75) is 56.2 Å². The zero-order valence-electron chi connectivity index (χ0n) is 22.4. The number of nitrogens with zero attached hydrogens (tertiary/aromatic N) is 2. The van der Waals surface area contributed by atoms with Crippen molar-refractivity contribution in [3.63, 3.8) is 0 Å². The first-order valence-corrected chi connectivity index (χ1v) is 13.8. The average molecular weight is 559 g/mol. The third-order valence-corrected chi connectivity index (χ3v) is 9.91. The zero-order chi connectivity index (χ0) is 28.5. The molecular weight excluding hydrogens is 524 g/mol. The average Bonchev–Trinajstić information content (AvgIpc) is 3.07. The molecule has 1 saturated heterocycles. The van der Waals surface area contributed by atoms with Crippen molar-refractivity contribution in [3.05, 3.63) is 27.8 Å². The highest BCUT2D eigenvalue weighted by molar-refractivity contribution is 6.35. The van der Waals surface area contributed by atoms with E-state index in [4.69, 9.17) is 22.7 Å². The number of phenolic OH excluding ortho intramolecular Hbond substituents is 1. The Labute approximate surface area is 232 Å². The van der Waals surface area contributed by atoms with Gasteiger partial charge in [0.2, 0.25) is 5.91 Å². The smallest absolute Gasteiger partial charge is 0.233 e. The number of phenols is 1. The third kappa shape index (κ3) is 3.98. The normalized spacial score (nSPS) is 35.3. The molecule has 10 nitrogen and oxygen atoms in total. The molecule has 2 saturated carbocycles. The fourth-order valence-corrected chi connectivity index (χ4v) is 7.96. The predicted octanol–water partition coefficient (Wildman–Crippen LogP) is 1.52. The van der Waals surface area contributed by atoms with Crippen LogP contribution in [0.3, 0.4) is 0 Å². The van der Waals surface area contributed by atoms with Crippen molar-refractivity contribution < 1.29 is 29.4 Å². The summed E-state index contributed by atoms with van der Waals surface area (Å²) in [5.74, 6) is -8.40. The Kier molecular flexibility index (Phi) is 6.98. The molecule has 7 unspecified atom stereocenters. The number of primary amides is 1. The molecule has 11 heteroatoms. The van der Waals surface area contributed by atoms with Crippen molar-refractivity contribution in [2.24, 2.45) is 29.4 Å². The van der Waals surface area contributed by atoms with Gasteiger partial charge in [-0.1, -0.05) is 24.4 Å². The number of fused-ring (bicyclic) bond motifs is 3. The van der Waals surface area contributed by atoms with E-state index in [2.05, 4.69) is 4.90 Å². The van der Waals surface area contributed by atoms with Crippen LogP contribution in [0.5, 0.6) is 5.75 Å². The van der Waals surface area contributed by atoms with Crippen LogP contribution in [0.25, 0.3) is 0 Å². The van der Waals surface area contributed by atoms with Crippen LogP contribution in [0, 0.1) is 29.1 Å². The molecule has 7 atom stereocenters. The highest BCUT2D eigenvalue weighted by Crippen LogP contribution is 2.52. The molecule has 0 spiro atoms. The van der Waals surface area contributed by atoms with Gasteiger partial charge in [0.1, 0.15) is 11.7 Å². The molecule has 39 heavy (non-hydrogen) atoms. The minimum absolute atomic E-state index is 0.0256. The molecule has 0 radical (unpaired) electrons. The number of nitrogens with one attached hydrogen (secondary N) is 1. The topological polar surface area (TPSA) is 165 Å². The number of likely N-dealkylation sites (tertiary alicyclic amines) is 1. The molecule has 4 aliphatic rings. The van der Waals surface area contributed by atoms with E-state index in [1.54, 1.807) is 14.1 Å². The fraction of sp³-hybridized carbons (Fsp3) is 0.607. The standard InChI is InChI=1S/C28H35ClN4O6/c1-32(2)22-15-10-12-9-14-19(17(34)11-13(21(14)29)16-7-5-4-6-8-33(16)3)23(35)18(12)26(37)28(15,39)25(30)20(24(22)36)27(31)38/h11-12,15-16,18,20,22,30,34,39H,4-10H2,1-3H3,(H2,31,38). The predicted molar refractivity (Wildman–Crippen MR) is 143 cm³/mol. The van der Waals surface area contributed by atoms with Gasteiger partial charge >= 0.3 is 0 Å². The molecular formula is C28H35ClN4O6. The third-order valence-electron chi connectivity index (χ3n) is 9.46. The maximum atomic E-state index is 14.0. The van der Waals surface area contributed by atoms with Gasteiger partial charge in [-0.05, 0) is 76.5 Å². The number of hydrogen-bond acceptors (Lipinski definition) is 9. The minimum Gasteiger partial charge on any atom is -0.507 e. The van der Waals surface area contributed by atoms with Crippen molar-refractivity contribution in [3.8, 4) is 5.75 Å². The lowest BCUT2D eigenvalue weighted by Crippen LogP contribution is -2.73. The summed E-state index contributed by atoms with van der Waals surface area (Å²) < 4.78 is 0. The number of aliphatic hydroxyl groups is 1. The van der Waals surface area contributed by atoms with E-state index < -0.39 is 64.3 Å². The van der Waals surface area contributed by atoms with Gasteiger partial charge in [0.15, 0.2) is 23.0 Å². The Morgan fingerprint density at radius 1 is 1.23 bits per heavy atom. The number of aromatic hydroxyl groups is 1. The zero-order valence-corrected chi connectivity index (χ0v) is 23.1. The molecule has 1 amide bonds. The number of ketones is 3. The molecule has 5 rings (SSSR count). The van der Waals surface area contributed by atoms with Crippen LogP contribution >= 0.6 is 11.6 Å². The first kappa shape index (κ1) is 27.9. The monoisotopic (exact) mass is 558 g/mol. The Bertz CT molecular complexity index is 1300. The van der Waals surface area contributed by atoms with E-state index in [0.29, 0.717) is 10.6 Å². The van der Waals surface area contributed by atoms with E-state index in [9.17, 15) is 29.4 Å². The van der Waals surface area contributed by atoms with Crippen LogP contribution in [0.4, 0.5) is 0 Å². The second-order valence-electron chi connectivity index (χ2n) is 11.8. The molecule has 3 fully saturated rings. The number of carbonyl (C=O) groups excluding carboxylic acids is 4. The van der Waals surface area contributed by atoms with Crippen LogP contribution in [-0.2, 0) is 20.8 Å². The summed E-state index contributed by atoms with van der Waals surface area (Å²) in [6.45, 7) is 0.884. The summed E-state index contributed by atoms with van der Waals surface area (Å²) in [6, 6.07) is 0.434. The molecule has 5 N–H and O–H groups in total. The van der Waals surface area contributed by atoms with E-state index >= 15 is 0 Å². The van der Waals surface area contributed by atoms with Gasteiger partial charge in [-0.3, -0.25) is 29.0 Å². The maximum Gasteiger partial charge on any atom is 0.233 e. The molecule has 1 heterocycles. The lowest BCUT2D eigenvalue weighted by Gasteiger charge is -2.53. The van der Waals surface area contributed by atoms with Crippen molar-refractivity contribution in [1.29, 1.82) is 5.41 Å². The lowest BCUT2D eigenvalue weighted by molar-refractivity contribution is -0.157. The summed E-state index contributed by atoms with van der Waals surface area (Å²) in [6.07, 6.45) is 4.30. The van der Waals surface area contributed by atoms with Gasteiger partial charge in [0.25, 0.3) is 0 Å². The first-order valence-electron chi connectivity index (χ1n) is 13.5. The molecule has 1 aromatic carbocycles. The van der Waals surface area contributed by atoms with Crippen molar-refractivity contribution >= 4 is 40.6 Å². The van der Waals surface area contributed by atoms with Crippen LogP contribution < -0.4 is 5.73 Å². The Morgan fingerprint density at radius 2 is 1.92 bits per heavy atom. The minimum atomic E-state index is -2.51. The molecule has 0 aromatic heterocycles. The first-order chi connectivity index (χ1) is 18.3.